The summed E-state index contributed by atoms with van der Waals surface area (Å²) in [6.45, 7) is 6.09. The van der Waals surface area contributed by atoms with Gasteiger partial charge in [-0.2, -0.15) is 5.26 Å². The van der Waals surface area contributed by atoms with Gasteiger partial charge in [-0.05, 0) is 66.7 Å². The van der Waals surface area contributed by atoms with Gasteiger partial charge in [0.2, 0.25) is 0 Å². The van der Waals surface area contributed by atoms with E-state index < -0.39 is 0 Å². The Labute approximate surface area is 224 Å². The van der Waals surface area contributed by atoms with Gasteiger partial charge in [0.15, 0.2) is 0 Å². The lowest BCUT2D eigenvalue weighted by molar-refractivity contribution is -0.137. The van der Waals surface area contributed by atoms with Gasteiger partial charge in [-0.15, -0.1) is 0 Å². The largest absolute Gasteiger partial charge is 0.463 e. The summed E-state index contributed by atoms with van der Waals surface area (Å²) in [5.41, 5.74) is 5.15. The summed E-state index contributed by atoms with van der Waals surface area (Å²) in [5.74, 6) is 0.168. The normalized spacial score (nSPS) is 19.2. The molecular weight excluding hydrogens is 454 g/mol. The summed E-state index contributed by atoms with van der Waals surface area (Å²) >= 11 is 0. The molecule has 3 heteroatoms. The van der Waals surface area contributed by atoms with Gasteiger partial charge in [-0.25, -0.2) is 4.79 Å². The summed E-state index contributed by atoms with van der Waals surface area (Å²) in [6, 6.07) is 20.8. The quantitative estimate of drug-likeness (QED) is 0.139. The van der Waals surface area contributed by atoms with Crippen molar-refractivity contribution in [3.05, 3.63) is 72.3 Å². The Hall–Kier alpha value is -2.86. The lowest BCUT2D eigenvalue weighted by Crippen LogP contribution is -2.26. The number of carbonyl (C=O) groups excluding carboxylic acids is 1. The summed E-state index contributed by atoms with van der Waals surface area (Å²) in [5, 5.41) is 10.1. The predicted molar refractivity (Wildman–Crippen MR) is 153 cm³/mol. The SMILES string of the molecule is C=CC(=O)OCCCCCCCCCCC1(C#N)CCCC(c2ccc(-c3ccc(CC)cc3)cc2)C1. The molecule has 0 amide bonds. The molecule has 0 spiro atoms. The highest BCUT2D eigenvalue weighted by Crippen LogP contribution is 2.46. The van der Waals surface area contributed by atoms with Gasteiger partial charge >= 0.3 is 5.97 Å². The number of hydrogen-bond acceptors (Lipinski definition) is 3. The highest BCUT2D eigenvalue weighted by Gasteiger charge is 2.36. The van der Waals surface area contributed by atoms with Crippen LogP contribution in [-0.4, -0.2) is 12.6 Å². The first-order valence-electron chi connectivity index (χ1n) is 14.5. The summed E-state index contributed by atoms with van der Waals surface area (Å²) in [7, 11) is 0. The second-order valence-electron chi connectivity index (χ2n) is 10.8. The molecule has 1 saturated carbocycles. The maximum atomic E-state index is 11.0. The topological polar surface area (TPSA) is 50.1 Å². The van der Waals surface area contributed by atoms with E-state index >= 15 is 0 Å². The maximum absolute atomic E-state index is 11.0. The Bertz CT molecular complexity index is 1000. The first-order chi connectivity index (χ1) is 18.1. The third-order valence-corrected chi connectivity index (χ3v) is 8.12. The smallest absolute Gasteiger partial charge is 0.330 e. The molecule has 0 bridgehead atoms. The Morgan fingerprint density at radius 1 is 0.973 bits per heavy atom. The average molecular weight is 500 g/mol. The minimum absolute atomic E-state index is 0.152. The van der Waals surface area contributed by atoms with Crippen molar-refractivity contribution in [1.82, 2.24) is 0 Å². The molecule has 0 aromatic heterocycles. The van der Waals surface area contributed by atoms with Crippen LogP contribution in [0.1, 0.15) is 107 Å². The molecule has 0 aliphatic heterocycles. The van der Waals surface area contributed by atoms with E-state index in [-0.39, 0.29) is 11.4 Å². The Morgan fingerprint density at radius 3 is 2.16 bits per heavy atom. The third kappa shape index (κ3) is 9.19. The molecular formula is C34H45NO2. The molecule has 0 heterocycles. The molecule has 2 aromatic carbocycles. The highest BCUT2D eigenvalue weighted by atomic mass is 16.5. The zero-order valence-corrected chi connectivity index (χ0v) is 22.9. The molecule has 0 radical (unpaired) electrons. The standard InChI is InChI=1S/C34H45NO2/c1-3-28-15-17-29(18-16-28)30-19-21-31(22-20-30)32-14-13-24-34(26-32,27-35)23-11-9-7-5-6-8-10-12-25-37-33(36)4-2/h4,15-22,32H,2-3,5-14,23-26H2,1H3. The number of aryl methyl sites for hydroxylation is 1. The molecule has 3 nitrogen and oxygen atoms in total. The molecule has 0 saturated heterocycles. The molecule has 0 N–H and O–H groups in total. The van der Waals surface area contributed by atoms with Crippen LogP contribution in [0.2, 0.25) is 0 Å². The third-order valence-electron chi connectivity index (χ3n) is 8.12. The van der Waals surface area contributed by atoms with Crippen LogP contribution < -0.4 is 0 Å². The van der Waals surface area contributed by atoms with Crippen molar-refractivity contribution in [2.24, 2.45) is 5.41 Å². The van der Waals surface area contributed by atoms with E-state index in [1.807, 2.05) is 0 Å². The van der Waals surface area contributed by atoms with Crippen LogP contribution >= 0.6 is 0 Å². The number of benzene rings is 2. The fourth-order valence-electron chi connectivity index (χ4n) is 5.77. The van der Waals surface area contributed by atoms with Crippen molar-refractivity contribution in [1.29, 1.82) is 5.26 Å². The van der Waals surface area contributed by atoms with Crippen molar-refractivity contribution in [2.45, 2.75) is 103 Å². The van der Waals surface area contributed by atoms with E-state index in [1.54, 1.807) is 0 Å². The van der Waals surface area contributed by atoms with Crippen molar-refractivity contribution in [3.8, 4) is 17.2 Å². The zero-order valence-electron chi connectivity index (χ0n) is 22.9. The van der Waals surface area contributed by atoms with Crippen LogP contribution in [0.25, 0.3) is 11.1 Å². The van der Waals surface area contributed by atoms with Crippen LogP contribution in [0.3, 0.4) is 0 Å². The fraction of sp³-hybridized carbons (Fsp3) is 0.529. The minimum Gasteiger partial charge on any atom is -0.463 e. The van der Waals surface area contributed by atoms with Crippen LogP contribution in [0.15, 0.2) is 61.2 Å². The molecule has 2 aromatic rings. The lowest BCUT2D eigenvalue weighted by Gasteiger charge is -2.36. The number of ether oxygens (including phenoxy) is 1. The summed E-state index contributed by atoms with van der Waals surface area (Å²) < 4.78 is 5.01. The van der Waals surface area contributed by atoms with Gasteiger partial charge in [0.25, 0.3) is 0 Å². The van der Waals surface area contributed by atoms with E-state index in [0.29, 0.717) is 12.5 Å². The van der Waals surface area contributed by atoms with Gasteiger partial charge < -0.3 is 4.74 Å². The van der Waals surface area contributed by atoms with Gasteiger partial charge in [-0.3, -0.25) is 0 Å². The van der Waals surface area contributed by atoms with Crippen molar-refractivity contribution >= 4 is 5.97 Å². The van der Waals surface area contributed by atoms with Crippen LogP contribution in [0.5, 0.6) is 0 Å². The molecule has 1 aliphatic rings. The first kappa shape index (κ1) is 28.7. The molecule has 1 aliphatic carbocycles. The van der Waals surface area contributed by atoms with Crippen LogP contribution in [0, 0.1) is 16.7 Å². The fourth-order valence-corrected chi connectivity index (χ4v) is 5.77. The summed E-state index contributed by atoms with van der Waals surface area (Å²) in [6.07, 6.45) is 17.1. The number of hydrogen-bond donors (Lipinski definition) is 0. The lowest BCUT2D eigenvalue weighted by atomic mass is 9.66. The van der Waals surface area contributed by atoms with E-state index in [0.717, 1.165) is 51.4 Å². The Morgan fingerprint density at radius 2 is 1.57 bits per heavy atom. The molecule has 3 rings (SSSR count). The van der Waals surface area contributed by atoms with Gasteiger partial charge in [0.1, 0.15) is 0 Å². The van der Waals surface area contributed by atoms with E-state index in [9.17, 15) is 10.1 Å². The van der Waals surface area contributed by atoms with Gasteiger partial charge in [0, 0.05) is 6.08 Å². The average Bonchev–Trinajstić information content (AvgIpc) is 2.96. The number of nitriles is 1. The van der Waals surface area contributed by atoms with Crippen molar-refractivity contribution in [3.63, 3.8) is 0 Å². The molecule has 198 valence electrons. The van der Waals surface area contributed by atoms with Crippen LogP contribution in [0.4, 0.5) is 0 Å². The number of unbranched alkanes of at least 4 members (excludes halogenated alkanes) is 7. The monoisotopic (exact) mass is 499 g/mol. The van der Waals surface area contributed by atoms with E-state index in [2.05, 4.69) is 68.1 Å². The molecule has 1 fully saturated rings. The molecule has 37 heavy (non-hydrogen) atoms. The van der Waals surface area contributed by atoms with E-state index in [1.165, 1.54) is 66.9 Å². The van der Waals surface area contributed by atoms with Gasteiger partial charge in [0.05, 0.1) is 18.1 Å². The Kier molecular flexibility index (Phi) is 12.0. The van der Waals surface area contributed by atoms with E-state index in [4.69, 9.17) is 4.74 Å². The second kappa shape index (κ2) is 15.4. The van der Waals surface area contributed by atoms with Crippen LogP contribution in [-0.2, 0) is 16.0 Å². The van der Waals surface area contributed by atoms with Crippen molar-refractivity contribution in [2.75, 3.05) is 6.61 Å². The number of nitrogens with zero attached hydrogens (tertiary/aromatic N) is 1. The Balaban J connectivity index is 1.38. The maximum Gasteiger partial charge on any atom is 0.330 e. The highest BCUT2D eigenvalue weighted by molar-refractivity contribution is 5.81. The first-order valence-corrected chi connectivity index (χ1v) is 14.5. The molecule has 2 atom stereocenters. The zero-order chi connectivity index (χ0) is 26.3. The summed E-state index contributed by atoms with van der Waals surface area (Å²) in [4.78, 5) is 11.0. The van der Waals surface area contributed by atoms with Crippen molar-refractivity contribution < 1.29 is 9.53 Å². The second-order valence-corrected chi connectivity index (χ2v) is 10.8. The minimum atomic E-state index is -0.328. The van der Waals surface area contributed by atoms with Gasteiger partial charge in [-0.1, -0.05) is 113 Å². The number of carbonyl (C=O) groups is 1. The molecule has 2 unspecified atom stereocenters. The predicted octanol–water partition coefficient (Wildman–Crippen LogP) is 9.32. The number of esters is 1. The number of rotatable bonds is 15.